The maximum absolute atomic E-state index is 11.6. The van der Waals surface area contributed by atoms with Crippen LogP contribution >= 0.6 is 0 Å². The van der Waals surface area contributed by atoms with Crippen molar-refractivity contribution < 1.29 is 98.1 Å². The second kappa shape index (κ2) is 35.0. The van der Waals surface area contributed by atoms with E-state index in [1.54, 1.807) is 159 Å². The van der Waals surface area contributed by atoms with E-state index in [4.69, 9.17) is 17.7 Å². The molecule has 0 aliphatic heterocycles. The summed E-state index contributed by atoms with van der Waals surface area (Å²) < 4.78 is 20.6. The Labute approximate surface area is 569 Å². The monoisotopic (exact) mass is 1900 g/mol. The van der Waals surface area contributed by atoms with Gasteiger partial charge in [0.1, 0.15) is 16.7 Å². The number of hydrogen-bond donors (Lipinski definition) is 0. The van der Waals surface area contributed by atoms with Crippen LogP contribution in [0.25, 0.3) is 110 Å². The van der Waals surface area contributed by atoms with Crippen molar-refractivity contribution in [3.63, 3.8) is 0 Å². The van der Waals surface area contributed by atoms with Gasteiger partial charge >= 0.3 is 5.63 Å². The molecule has 0 bridgehead atoms. The number of pyridine rings is 6. The molecule has 6 aromatic carbocycles. The van der Waals surface area contributed by atoms with E-state index < -0.39 is 0 Å². The zero-order valence-electron chi connectivity index (χ0n) is 45.4. The number of rotatable bonds is 2. The van der Waals surface area contributed by atoms with Gasteiger partial charge in [0.25, 0.3) is 16.9 Å². The minimum atomic E-state index is -0.356. The quantitative estimate of drug-likeness (QED) is 0.0899. The molecular weight excluding hydrogens is 1850 g/mol. The third-order valence-electron chi connectivity index (χ3n) is 12.4. The summed E-state index contributed by atoms with van der Waals surface area (Å²) in [5, 5.41) is 4.93. The molecule has 456 valence electrons. The molecule has 0 aliphatic rings. The molecule has 0 amide bonds. The van der Waals surface area contributed by atoms with Gasteiger partial charge in [0, 0.05) is 151 Å². The largest absolute Gasteiger partial charge is 0.472 e. The zero-order valence-corrected chi connectivity index (χ0v) is 55.0. The van der Waals surface area contributed by atoms with Crippen LogP contribution in [0.4, 0.5) is 0 Å². The Kier molecular flexibility index (Phi) is 27.8. The smallest absolute Gasteiger partial charge is 0.327 e. The molecule has 10 aromatic heterocycles. The molecule has 18 heteroatoms. The fraction of sp³-hybridized carbons (Fsp3) is 0.0278. The first-order valence-electron chi connectivity index (χ1n) is 25.9. The molecule has 0 fully saturated rings. The third-order valence-corrected chi connectivity index (χ3v) is 12.4. The van der Waals surface area contributed by atoms with Gasteiger partial charge in [0.05, 0.1) is 0 Å². The van der Waals surface area contributed by atoms with Crippen molar-refractivity contribution in [3.05, 3.63) is 322 Å². The molecule has 10 heterocycles. The van der Waals surface area contributed by atoms with Crippen molar-refractivity contribution in [2.45, 2.75) is 14.9 Å². The van der Waals surface area contributed by atoms with Gasteiger partial charge in [0.2, 0.25) is 0 Å². The summed E-state index contributed by atoms with van der Waals surface area (Å²) in [5.74, 6) is 0. The van der Waals surface area contributed by atoms with Crippen LogP contribution in [0.15, 0.2) is 280 Å². The van der Waals surface area contributed by atoms with Gasteiger partial charge in [-0.05, 0) is 82.1 Å². The van der Waals surface area contributed by atoms with Crippen LogP contribution in [0, 0.1) is 36.4 Å². The van der Waals surface area contributed by atoms with E-state index >= 15 is 0 Å². The minimum Gasteiger partial charge on any atom is -0.472 e. The first kappa shape index (κ1) is 71.5. The van der Waals surface area contributed by atoms with Crippen LogP contribution in [-0.2, 0) is 80.4 Å². The maximum atomic E-state index is 11.6. The van der Waals surface area contributed by atoms with Crippen molar-refractivity contribution in [1.82, 2.24) is 29.9 Å². The van der Waals surface area contributed by atoms with E-state index in [1.165, 1.54) is 0 Å². The molecule has 16 aromatic rings. The van der Waals surface area contributed by atoms with E-state index in [9.17, 15) is 19.2 Å². The summed E-state index contributed by atoms with van der Waals surface area (Å²) in [4.78, 5) is 71.5. The molecule has 16 rings (SSSR count). The van der Waals surface area contributed by atoms with E-state index in [1.807, 2.05) is 84.9 Å². The summed E-state index contributed by atoms with van der Waals surface area (Å²) in [7, 11) is 0. The Hall–Kier alpha value is -9.30. The Bertz CT molecular complexity index is 4520. The fourth-order valence-electron chi connectivity index (χ4n) is 8.62. The molecule has 0 saturated heterocycles. The third kappa shape index (κ3) is 17.1. The Morgan fingerprint density at radius 3 is 0.933 bits per heavy atom. The second-order valence-electron chi connectivity index (χ2n) is 17.8. The average molecular weight is 1890 g/mol. The maximum Gasteiger partial charge on any atom is 0.327 e. The van der Waals surface area contributed by atoms with E-state index in [-0.39, 0.29) is 118 Å². The summed E-state index contributed by atoms with van der Waals surface area (Å²) in [6.45, 7) is 0. The predicted molar refractivity (Wildman–Crippen MR) is 337 cm³/mol. The predicted octanol–water partition coefficient (Wildman–Crippen LogP) is 14.9. The first-order chi connectivity index (χ1) is 41.4. The second-order valence-corrected chi connectivity index (χ2v) is 17.8. The molecule has 0 unspecified atom stereocenters. The van der Waals surface area contributed by atoms with Gasteiger partial charge in [-0.15, -0.1) is 185 Å². The van der Waals surface area contributed by atoms with Gasteiger partial charge in [-0.1, -0.05) is 50.6 Å². The number of benzene rings is 6. The SMILES string of the molecule is C.C.O=c1oc2ccc[c-]c2c2ncccc12.O=c1oc2cccnc2c2[c-]cccc12.O=c1oc2cccnc2c2[c-]cccc12.O=c1oc2cccnc2c2[c-]cccc12.[Ir].[Ir].[Ir].[Ir].[c-]1ccccc1-c1ccccn1.[c-]1ccccc1-c1ccccn1. The topological polar surface area (TPSA) is 198 Å². The van der Waals surface area contributed by atoms with Gasteiger partial charge in [-0.2, -0.15) is 0 Å². The van der Waals surface area contributed by atoms with Crippen LogP contribution < -0.4 is 22.5 Å². The summed E-state index contributed by atoms with van der Waals surface area (Å²) in [6.07, 6.45) is 10.2. The zero-order chi connectivity index (χ0) is 57.5. The van der Waals surface area contributed by atoms with Gasteiger partial charge in [0.15, 0.2) is 0 Å². The minimum absolute atomic E-state index is 0. The van der Waals surface area contributed by atoms with Crippen LogP contribution in [0.5, 0.6) is 0 Å². The van der Waals surface area contributed by atoms with Crippen LogP contribution in [0.2, 0.25) is 0 Å². The number of nitrogens with zero attached hydrogens (tertiary/aromatic N) is 6. The van der Waals surface area contributed by atoms with E-state index in [2.05, 4.69) is 66.3 Å². The van der Waals surface area contributed by atoms with Crippen molar-refractivity contribution in [3.8, 4) is 22.5 Å². The normalized spacial score (nSPS) is 9.87. The molecule has 0 atom stereocenters. The standard InChI is InChI=1S/4C12H6NO2.2C11H8N.2CH4.4Ir/c14-12-9-5-3-7-13-11(9)8-4-1-2-6-10(8)15-12;3*14-12-9-5-2-1-4-8(9)11-10(15-12)6-3-7-13-11;2*1-2-6-10(7-3-1)11-8-4-5-9-12-11;;;;;;/h4*1-3,5-7H;2*1-6,8-9H;2*1H4;;;;/q6*-1;;;;;;. The molecule has 90 heavy (non-hydrogen) atoms. The van der Waals surface area contributed by atoms with E-state index in [0.717, 1.165) is 27.9 Å². The Balaban J connectivity index is 0.000000194. The molecule has 0 spiro atoms. The van der Waals surface area contributed by atoms with Crippen molar-refractivity contribution >= 4 is 87.5 Å². The van der Waals surface area contributed by atoms with Crippen LogP contribution in [0.1, 0.15) is 14.9 Å². The van der Waals surface area contributed by atoms with Gasteiger partial charge in [-0.25, -0.2) is 4.79 Å². The first-order valence-corrected chi connectivity index (χ1v) is 25.9. The Morgan fingerprint density at radius 2 is 0.556 bits per heavy atom. The fourth-order valence-corrected chi connectivity index (χ4v) is 8.62. The molecule has 14 nitrogen and oxygen atoms in total. The van der Waals surface area contributed by atoms with Crippen LogP contribution in [-0.4, -0.2) is 29.9 Å². The van der Waals surface area contributed by atoms with Crippen molar-refractivity contribution in [2.24, 2.45) is 0 Å². The van der Waals surface area contributed by atoms with Crippen molar-refractivity contribution in [2.75, 3.05) is 0 Å². The molecule has 0 saturated carbocycles. The average Bonchev–Trinajstić information content (AvgIpc) is 1.36. The summed E-state index contributed by atoms with van der Waals surface area (Å²) in [6, 6.07) is 80.5. The number of aromatic nitrogens is 6. The molecule has 0 N–H and O–H groups in total. The summed E-state index contributed by atoms with van der Waals surface area (Å²) >= 11 is 0. The number of hydrogen-bond acceptors (Lipinski definition) is 14. The number of fused-ring (bicyclic) bond motifs is 12. The van der Waals surface area contributed by atoms with Crippen LogP contribution in [0.3, 0.4) is 0 Å². The molecule has 4 radical (unpaired) electrons. The molecular formula is C72H48Ir4N6O8-6. The van der Waals surface area contributed by atoms with Crippen molar-refractivity contribution in [1.29, 1.82) is 0 Å². The summed E-state index contributed by atoms with van der Waals surface area (Å²) in [5.41, 5.74) is 7.31. The van der Waals surface area contributed by atoms with E-state index in [0.29, 0.717) is 82.1 Å². The molecule has 0 aliphatic carbocycles. The van der Waals surface area contributed by atoms with Gasteiger partial charge in [-0.3, -0.25) is 14.4 Å². The van der Waals surface area contributed by atoms with Gasteiger partial charge < -0.3 is 47.6 Å². The Morgan fingerprint density at radius 1 is 0.256 bits per heavy atom.